The van der Waals surface area contributed by atoms with Crippen molar-refractivity contribution in [2.75, 3.05) is 0 Å². The normalized spacial score (nSPS) is 12.4. The van der Waals surface area contributed by atoms with E-state index in [-0.39, 0.29) is 10.9 Å². The fourth-order valence-corrected chi connectivity index (χ4v) is 1.83. The van der Waals surface area contributed by atoms with Crippen LogP contribution in [-0.4, -0.2) is 22.8 Å². The summed E-state index contributed by atoms with van der Waals surface area (Å²) in [4.78, 5) is -0.124. The van der Waals surface area contributed by atoms with E-state index in [0.29, 0.717) is 5.69 Å². The molecule has 0 unspecified atom stereocenters. The molecule has 0 saturated heterocycles. The Bertz CT molecular complexity index is 405. The van der Waals surface area contributed by atoms with Crippen molar-refractivity contribution < 1.29 is 13.0 Å². The van der Waals surface area contributed by atoms with Gasteiger partial charge in [0.1, 0.15) is 4.90 Å². The molecule has 6 heteroatoms. The number of aromatic nitrogens is 2. The molecule has 1 N–H and O–H groups in total. The van der Waals surface area contributed by atoms with E-state index in [4.69, 9.17) is 4.55 Å². The van der Waals surface area contributed by atoms with Crippen LogP contribution in [0.2, 0.25) is 0 Å². The third-order valence-electron chi connectivity index (χ3n) is 1.77. The quantitative estimate of drug-likeness (QED) is 0.730. The second kappa shape index (κ2) is 3.12. The molecule has 0 spiro atoms. The molecule has 5 nitrogen and oxygen atoms in total. The Kier molecular flexibility index (Phi) is 2.44. The first-order valence-electron chi connectivity index (χ1n) is 3.85. The summed E-state index contributed by atoms with van der Waals surface area (Å²) in [5.74, 6) is 0. The summed E-state index contributed by atoms with van der Waals surface area (Å²) in [6.45, 7) is 5.37. The number of nitrogens with zero attached hydrogens (tertiary/aromatic N) is 2. The molecule has 0 aliphatic rings. The molecule has 0 aliphatic carbocycles. The Balaban J connectivity index is 3.30. The van der Waals surface area contributed by atoms with Crippen molar-refractivity contribution in [1.82, 2.24) is 9.78 Å². The van der Waals surface area contributed by atoms with Gasteiger partial charge in [0.2, 0.25) is 0 Å². The van der Waals surface area contributed by atoms with Gasteiger partial charge in [0.15, 0.2) is 0 Å². The molecule has 0 fully saturated rings. The highest BCUT2D eigenvalue weighted by Crippen LogP contribution is 2.16. The predicted octanol–water partition coefficient (Wildman–Crippen LogP) is 1.02. The van der Waals surface area contributed by atoms with Crippen LogP contribution in [0.3, 0.4) is 0 Å². The lowest BCUT2D eigenvalue weighted by Crippen LogP contribution is -2.06. The standard InChI is InChI=1S/C7H12N2O3S/c1-5(2)9-6(3)7(4-8-9)13(10,11)12/h4-5H,1-3H3,(H,10,11,12). The van der Waals surface area contributed by atoms with Crippen LogP contribution in [0.15, 0.2) is 11.1 Å². The molecule has 0 bridgehead atoms. The zero-order valence-electron chi connectivity index (χ0n) is 7.72. The monoisotopic (exact) mass is 204 g/mol. The van der Waals surface area contributed by atoms with Crippen LogP contribution in [0.1, 0.15) is 25.6 Å². The molecule has 0 aliphatic heterocycles. The van der Waals surface area contributed by atoms with E-state index in [1.54, 1.807) is 11.6 Å². The molecule has 0 aromatic carbocycles. The third kappa shape index (κ3) is 1.89. The van der Waals surface area contributed by atoms with E-state index in [2.05, 4.69) is 5.10 Å². The molecular formula is C7H12N2O3S. The summed E-state index contributed by atoms with van der Waals surface area (Å²) in [6.07, 6.45) is 1.16. The summed E-state index contributed by atoms with van der Waals surface area (Å²) < 4.78 is 31.9. The maximum Gasteiger partial charge on any atom is 0.297 e. The Hall–Kier alpha value is -0.880. The molecule has 1 aromatic rings. The van der Waals surface area contributed by atoms with Crippen LogP contribution in [0, 0.1) is 6.92 Å². The van der Waals surface area contributed by atoms with Gasteiger partial charge in [0.05, 0.1) is 11.9 Å². The lowest BCUT2D eigenvalue weighted by atomic mass is 10.4. The Morgan fingerprint density at radius 2 is 2.08 bits per heavy atom. The maximum atomic E-state index is 10.8. The van der Waals surface area contributed by atoms with Gasteiger partial charge in [-0.1, -0.05) is 0 Å². The van der Waals surface area contributed by atoms with E-state index in [0.717, 1.165) is 6.20 Å². The van der Waals surface area contributed by atoms with Gasteiger partial charge in [-0.25, -0.2) is 0 Å². The summed E-state index contributed by atoms with van der Waals surface area (Å²) in [5, 5.41) is 3.86. The average Bonchev–Trinajstić information content (AvgIpc) is 2.28. The topological polar surface area (TPSA) is 72.2 Å². The highest BCUT2D eigenvalue weighted by Gasteiger charge is 2.18. The molecule has 0 amide bonds. The van der Waals surface area contributed by atoms with Gasteiger partial charge in [0, 0.05) is 6.04 Å². The molecule has 0 atom stereocenters. The summed E-state index contributed by atoms with van der Waals surface area (Å²) in [6, 6.07) is 0.0792. The maximum absolute atomic E-state index is 10.8. The fraction of sp³-hybridized carbons (Fsp3) is 0.571. The molecule has 13 heavy (non-hydrogen) atoms. The number of hydrogen-bond donors (Lipinski definition) is 1. The first-order valence-corrected chi connectivity index (χ1v) is 5.29. The Morgan fingerprint density at radius 1 is 1.54 bits per heavy atom. The Labute approximate surface area is 77.1 Å². The minimum Gasteiger partial charge on any atom is -0.282 e. The summed E-state index contributed by atoms with van der Waals surface area (Å²) in [5.41, 5.74) is 0.456. The first-order chi connectivity index (χ1) is 5.84. The van der Waals surface area contributed by atoms with Crippen molar-refractivity contribution in [2.45, 2.75) is 31.7 Å². The van der Waals surface area contributed by atoms with E-state index < -0.39 is 10.1 Å². The lowest BCUT2D eigenvalue weighted by molar-refractivity contribution is 0.480. The molecule has 1 aromatic heterocycles. The largest absolute Gasteiger partial charge is 0.297 e. The average molecular weight is 204 g/mol. The Morgan fingerprint density at radius 3 is 2.31 bits per heavy atom. The predicted molar refractivity (Wildman–Crippen MR) is 47.2 cm³/mol. The van der Waals surface area contributed by atoms with E-state index >= 15 is 0 Å². The van der Waals surface area contributed by atoms with Crippen molar-refractivity contribution in [3.8, 4) is 0 Å². The fourth-order valence-electron chi connectivity index (χ4n) is 1.18. The van der Waals surface area contributed by atoms with Crippen LogP contribution in [-0.2, 0) is 10.1 Å². The van der Waals surface area contributed by atoms with Crippen LogP contribution in [0.4, 0.5) is 0 Å². The van der Waals surface area contributed by atoms with E-state index in [1.165, 1.54) is 0 Å². The van der Waals surface area contributed by atoms with Crippen molar-refractivity contribution >= 4 is 10.1 Å². The minimum absolute atomic E-state index is 0.0792. The highest BCUT2D eigenvalue weighted by molar-refractivity contribution is 7.85. The SMILES string of the molecule is Cc1c(S(=O)(=O)O)cnn1C(C)C. The number of rotatable bonds is 2. The van der Waals surface area contributed by atoms with Gasteiger partial charge in [-0.3, -0.25) is 9.23 Å². The zero-order chi connectivity index (χ0) is 10.2. The molecule has 1 heterocycles. The van der Waals surface area contributed by atoms with Gasteiger partial charge in [-0.05, 0) is 20.8 Å². The van der Waals surface area contributed by atoms with Crippen LogP contribution in [0.25, 0.3) is 0 Å². The minimum atomic E-state index is -4.13. The van der Waals surface area contributed by atoms with Crippen LogP contribution < -0.4 is 0 Å². The van der Waals surface area contributed by atoms with Crippen molar-refractivity contribution in [3.63, 3.8) is 0 Å². The molecular weight excluding hydrogens is 192 g/mol. The van der Waals surface area contributed by atoms with Gasteiger partial charge in [0.25, 0.3) is 10.1 Å². The third-order valence-corrected chi connectivity index (χ3v) is 2.72. The smallest absolute Gasteiger partial charge is 0.282 e. The lowest BCUT2D eigenvalue weighted by Gasteiger charge is -2.07. The van der Waals surface area contributed by atoms with Crippen molar-refractivity contribution in [1.29, 1.82) is 0 Å². The molecule has 74 valence electrons. The van der Waals surface area contributed by atoms with Gasteiger partial charge in [-0.15, -0.1) is 0 Å². The number of hydrogen-bond acceptors (Lipinski definition) is 3. The highest BCUT2D eigenvalue weighted by atomic mass is 32.2. The van der Waals surface area contributed by atoms with Gasteiger partial charge >= 0.3 is 0 Å². The molecule has 0 saturated carbocycles. The second-order valence-electron chi connectivity index (χ2n) is 3.11. The van der Waals surface area contributed by atoms with Crippen LogP contribution in [0.5, 0.6) is 0 Å². The van der Waals surface area contributed by atoms with Gasteiger partial charge < -0.3 is 0 Å². The molecule has 1 rings (SSSR count). The van der Waals surface area contributed by atoms with E-state index in [1.807, 2.05) is 13.8 Å². The summed E-state index contributed by atoms with van der Waals surface area (Å²) >= 11 is 0. The zero-order valence-corrected chi connectivity index (χ0v) is 8.54. The van der Waals surface area contributed by atoms with Crippen molar-refractivity contribution in [2.24, 2.45) is 0 Å². The second-order valence-corrected chi connectivity index (χ2v) is 4.50. The van der Waals surface area contributed by atoms with Crippen LogP contribution >= 0.6 is 0 Å². The van der Waals surface area contributed by atoms with E-state index in [9.17, 15) is 8.42 Å². The van der Waals surface area contributed by atoms with Gasteiger partial charge in [-0.2, -0.15) is 13.5 Å². The summed E-state index contributed by atoms with van der Waals surface area (Å²) in [7, 11) is -4.13. The molecule has 0 radical (unpaired) electrons. The van der Waals surface area contributed by atoms with Crippen molar-refractivity contribution in [3.05, 3.63) is 11.9 Å². The first kappa shape index (κ1) is 10.2.